The van der Waals surface area contributed by atoms with Crippen molar-refractivity contribution in [2.75, 3.05) is 32.8 Å². The highest BCUT2D eigenvalue weighted by molar-refractivity contribution is 7.89. The van der Waals surface area contributed by atoms with E-state index in [1.165, 1.54) is 12.1 Å². The highest BCUT2D eigenvalue weighted by Crippen LogP contribution is 2.16. The zero-order valence-corrected chi connectivity index (χ0v) is 15.5. The summed E-state index contributed by atoms with van der Waals surface area (Å²) in [7, 11) is -3.63. The molecule has 1 N–H and O–H groups in total. The number of carbonyl (C=O) groups is 1. The minimum atomic E-state index is -3.63. The summed E-state index contributed by atoms with van der Waals surface area (Å²) in [4.78, 5) is 14.1. The van der Waals surface area contributed by atoms with Gasteiger partial charge in [-0.1, -0.05) is 6.92 Å². The molecule has 1 atom stereocenters. The van der Waals surface area contributed by atoms with E-state index in [4.69, 9.17) is 9.47 Å². The Kier molecular flexibility index (Phi) is 7.22. The lowest BCUT2D eigenvalue weighted by Crippen LogP contribution is -2.46. The van der Waals surface area contributed by atoms with Crippen molar-refractivity contribution >= 4 is 15.9 Å². The van der Waals surface area contributed by atoms with Crippen LogP contribution in [-0.4, -0.2) is 58.2 Å². The van der Waals surface area contributed by atoms with Gasteiger partial charge in [-0.05, 0) is 37.6 Å². The second-order valence-corrected chi connectivity index (χ2v) is 7.56. The van der Waals surface area contributed by atoms with Gasteiger partial charge in [0.05, 0.1) is 24.2 Å². The van der Waals surface area contributed by atoms with Crippen LogP contribution < -0.4 is 9.46 Å². The van der Waals surface area contributed by atoms with Crippen LogP contribution in [0.2, 0.25) is 0 Å². The van der Waals surface area contributed by atoms with Crippen molar-refractivity contribution in [2.45, 2.75) is 37.7 Å². The van der Waals surface area contributed by atoms with Crippen LogP contribution >= 0.6 is 0 Å². The van der Waals surface area contributed by atoms with Crippen molar-refractivity contribution in [3.8, 4) is 5.75 Å². The van der Waals surface area contributed by atoms with E-state index in [1.54, 1.807) is 17.0 Å². The van der Waals surface area contributed by atoms with E-state index in [0.29, 0.717) is 32.1 Å². The van der Waals surface area contributed by atoms with E-state index in [2.05, 4.69) is 4.72 Å². The van der Waals surface area contributed by atoms with Crippen LogP contribution in [0.1, 0.15) is 26.7 Å². The fourth-order valence-corrected chi connectivity index (χ4v) is 3.64. The molecule has 0 aromatic heterocycles. The highest BCUT2D eigenvalue weighted by atomic mass is 32.2. The molecule has 0 radical (unpaired) electrons. The van der Waals surface area contributed by atoms with E-state index in [1.807, 2.05) is 13.8 Å². The predicted octanol–water partition coefficient (Wildman–Crippen LogP) is 1.39. The quantitative estimate of drug-likeness (QED) is 0.747. The number of hydrogen-bond donors (Lipinski definition) is 1. The Labute approximate surface area is 149 Å². The van der Waals surface area contributed by atoms with Gasteiger partial charge in [0, 0.05) is 26.1 Å². The lowest BCUT2D eigenvalue weighted by Gasteiger charge is -2.32. The Morgan fingerprint density at radius 1 is 1.32 bits per heavy atom. The van der Waals surface area contributed by atoms with Crippen molar-refractivity contribution in [2.24, 2.45) is 0 Å². The molecule has 1 aromatic carbocycles. The molecular formula is C17H26N2O5S. The van der Waals surface area contributed by atoms with Crippen LogP contribution in [0.3, 0.4) is 0 Å². The van der Waals surface area contributed by atoms with Gasteiger partial charge in [-0.15, -0.1) is 0 Å². The summed E-state index contributed by atoms with van der Waals surface area (Å²) in [6.45, 7) is 6.13. The normalized spacial score (nSPS) is 18.2. The molecule has 1 amide bonds. The molecule has 0 aliphatic carbocycles. The summed E-state index contributed by atoms with van der Waals surface area (Å²) in [5, 5.41) is 0. The largest absolute Gasteiger partial charge is 0.494 e. The Bertz CT molecular complexity index is 660. The third-order valence-electron chi connectivity index (χ3n) is 4.02. The molecule has 1 heterocycles. The molecule has 1 aliphatic rings. The minimum Gasteiger partial charge on any atom is -0.494 e. The molecule has 1 unspecified atom stereocenters. The van der Waals surface area contributed by atoms with E-state index in [0.717, 1.165) is 6.42 Å². The van der Waals surface area contributed by atoms with Crippen molar-refractivity contribution < 1.29 is 22.7 Å². The van der Waals surface area contributed by atoms with Crippen LogP contribution in [0, 0.1) is 0 Å². The van der Waals surface area contributed by atoms with Crippen LogP contribution in [0.5, 0.6) is 5.75 Å². The SMILES string of the molecule is CCOc1ccc(S(=O)(=O)NCCC(=O)N2CCOC(CC)C2)cc1. The Hall–Kier alpha value is -1.64. The minimum absolute atomic E-state index is 0.0591. The number of sulfonamides is 1. The molecule has 140 valence electrons. The molecule has 1 aliphatic heterocycles. The van der Waals surface area contributed by atoms with E-state index < -0.39 is 10.0 Å². The molecule has 25 heavy (non-hydrogen) atoms. The fraction of sp³-hybridized carbons (Fsp3) is 0.588. The van der Waals surface area contributed by atoms with Crippen molar-refractivity contribution in [1.82, 2.24) is 9.62 Å². The molecule has 8 heteroatoms. The number of amides is 1. The maximum atomic E-state index is 12.3. The lowest BCUT2D eigenvalue weighted by atomic mass is 10.2. The summed E-state index contributed by atoms with van der Waals surface area (Å²) < 4.78 is 37.8. The number of carbonyl (C=O) groups excluding carboxylic acids is 1. The first-order valence-electron chi connectivity index (χ1n) is 8.58. The maximum Gasteiger partial charge on any atom is 0.240 e. The van der Waals surface area contributed by atoms with E-state index in [9.17, 15) is 13.2 Å². The van der Waals surface area contributed by atoms with Crippen LogP contribution in [0.4, 0.5) is 0 Å². The molecule has 7 nitrogen and oxygen atoms in total. The summed E-state index contributed by atoms with van der Waals surface area (Å²) in [5.74, 6) is 0.561. The van der Waals surface area contributed by atoms with Gasteiger partial charge in [0.2, 0.25) is 15.9 Å². The summed E-state index contributed by atoms with van der Waals surface area (Å²) in [6, 6.07) is 6.20. The standard InChI is InChI=1S/C17H26N2O5S/c1-3-14-13-19(11-12-24-14)17(20)9-10-18-25(21,22)16-7-5-15(6-8-16)23-4-2/h5-8,14,18H,3-4,9-13H2,1-2H3. The lowest BCUT2D eigenvalue weighted by molar-refractivity contribution is -0.138. The number of nitrogens with zero attached hydrogens (tertiary/aromatic N) is 1. The average molecular weight is 370 g/mol. The second kappa shape index (κ2) is 9.17. The Balaban J connectivity index is 1.84. The van der Waals surface area contributed by atoms with Gasteiger partial charge in [0.15, 0.2) is 0 Å². The topological polar surface area (TPSA) is 84.9 Å². The zero-order valence-electron chi connectivity index (χ0n) is 14.7. The maximum absolute atomic E-state index is 12.3. The molecular weight excluding hydrogens is 344 g/mol. The van der Waals surface area contributed by atoms with Gasteiger partial charge in [-0.2, -0.15) is 0 Å². The number of benzene rings is 1. The van der Waals surface area contributed by atoms with Gasteiger partial charge >= 0.3 is 0 Å². The molecule has 1 fully saturated rings. The van der Waals surface area contributed by atoms with Gasteiger partial charge in [-0.3, -0.25) is 4.79 Å². The first-order chi connectivity index (χ1) is 12.0. The molecule has 0 bridgehead atoms. The van der Waals surface area contributed by atoms with Crippen molar-refractivity contribution in [3.63, 3.8) is 0 Å². The number of nitrogens with one attached hydrogen (secondary N) is 1. The third-order valence-corrected chi connectivity index (χ3v) is 5.50. The average Bonchev–Trinajstić information content (AvgIpc) is 2.62. The third kappa shape index (κ3) is 5.69. The number of rotatable bonds is 8. The molecule has 0 saturated carbocycles. The molecule has 0 spiro atoms. The highest BCUT2D eigenvalue weighted by Gasteiger charge is 2.23. The molecule has 1 aromatic rings. The first kappa shape index (κ1) is 19.7. The van der Waals surface area contributed by atoms with Gasteiger partial charge in [0.25, 0.3) is 0 Å². The van der Waals surface area contributed by atoms with Crippen LogP contribution in [0.25, 0.3) is 0 Å². The van der Waals surface area contributed by atoms with Crippen LogP contribution in [-0.2, 0) is 19.6 Å². The Morgan fingerprint density at radius 2 is 2.04 bits per heavy atom. The molecule has 1 saturated heterocycles. The van der Waals surface area contributed by atoms with E-state index >= 15 is 0 Å². The predicted molar refractivity (Wildman–Crippen MR) is 94.0 cm³/mol. The fourth-order valence-electron chi connectivity index (χ4n) is 2.61. The van der Waals surface area contributed by atoms with Crippen molar-refractivity contribution in [3.05, 3.63) is 24.3 Å². The van der Waals surface area contributed by atoms with Crippen LogP contribution in [0.15, 0.2) is 29.2 Å². The Morgan fingerprint density at radius 3 is 2.68 bits per heavy atom. The van der Waals surface area contributed by atoms with Gasteiger partial charge in [-0.25, -0.2) is 13.1 Å². The number of morpholine rings is 1. The second-order valence-electron chi connectivity index (χ2n) is 5.79. The first-order valence-corrected chi connectivity index (χ1v) is 10.1. The van der Waals surface area contributed by atoms with Crippen molar-refractivity contribution in [1.29, 1.82) is 0 Å². The summed E-state index contributed by atoms with van der Waals surface area (Å²) >= 11 is 0. The number of ether oxygens (including phenoxy) is 2. The smallest absolute Gasteiger partial charge is 0.240 e. The molecule has 2 rings (SSSR count). The monoisotopic (exact) mass is 370 g/mol. The zero-order chi connectivity index (χ0) is 18.3. The van der Waals surface area contributed by atoms with E-state index in [-0.39, 0.29) is 29.9 Å². The van der Waals surface area contributed by atoms with Gasteiger partial charge in [0.1, 0.15) is 5.75 Å². The summed E-state index contributed by atoms with van der Waals surface area (Å²) in [6.07, 6.45) is 1.05. The summed E-state index contributed by atoms with van der Waals surface area (Å²) in [5.41, 5.74) is 0. The number of hydrogen-bond acceptors (Lipinski definition) is 5. The van der Waals surface area contributed by atoms with Gasteiger partial charge < -0.3 is 14.4 Å².